The molecule has 0 saturated carbocycles. The number of amides is 2. The summed E-state index contributed by atoms with van der Waals surface area (Å²) in [5, 5.41) is 2.98. The summed E-state index contributed by atoms with van der Waals surface area (Å²) in [6.45, 7) is 6.67. The highest BCUT2D eigenvalue weighted by Crippen LogP contribution is 2.35. The van der Waals surface area contributed by atoms with Gasteiger partial charge in [0, 0.05) is 5.69 Å². The maximum Gasteiger partial charge on any atom is 0.326 e. The lowest BCUT2D eigenvalue weighted by Crippen LogP contribution is -2.45. The number of rotatable bonds is 2. The third-order valence-electron chi connectivity index (χ3n) is 4.09. The molecule has 1 aliphatic rings. The zero-order valence-electron chi connectivity index (χ0n) is 13.8. The maximum absolute atomic E-state index is 12.7. The van der Waals surface area contributed by atoms with Crippen LogP contribution in [0.5, 0.6) is 5.75 Å². The topological polar surface area (TPSA) is 41.6 Å². The van der Waals surface area contributed by atoms with Crippen LogP contribution in [0.2, 0.25) is 0 Å². The normalized spacial score (nSPS) is 16.5. The third-order valence-corrected chi connectivity index (χ3v) is 4.09. The zero-order chi connectivity index (χ0) is 16.4. The SMILES string of the molecule is CC[C@@H]1CN(C(=O)Nc2ccc(C)cc2)c2cc(C)ccc2O1. The lowest BCUT2D eigenvalue weighted by molar-refractivity contribution is 0.188. The molecule has 0 radical (unpaired) electrons. The fourth-order valence-corrected chi connectivity index (χ4v) is 2.69. The number of urea groups is 1. The van der Waals surface area contributed by atoms with E-state index in [1.165, 1.54) is 5.56 Å². The van der Waals surface area contributed by atoms with Crippen molar-refractivity contribution >= 4 is 17.4 Å². The van der Waals surface area contributed by atoms with Gasteiger partial charge in [-0.1, -0.05) is 30.7 Å². The van der Waals surface area contributed by atoms with Crippen LogP contribution in [0.4, 0.5) is 16.2 Å². The van der Waals surface area contributed by atoms with Crippen molar-refractivity contribution in [3.8, 4) is 5.75 Å². The van der Waals surface area contributed by atoms with Crippen molar-refractivity contribution in [2.45, 2.75) is 33.3 Å². The number of carbonyl (C=O) groups is 1. The number of aryl methyl sites for hydroxylation is 2. The number of carbonyl (C=O) groups excluding carboxylic acids is 1. The molecule has 2 amide bonds. The molecule has 0 aromatic heterocycles. The van der Waals surface area contributed by atoms with Crippen LogP contribution in [0, 0.1) is 13.8 Å². The summed E-state index contributed by atoms with van der Waals surface area (Å²) in [6.07, 6.45) is 0.885. The second-order valence-corrected chi connectivity index (χ2v) is 6.03. The average Bonchev–Trinajstić information content (AvgIpc) is 2.56. The Labute approximate surface area is 137 Å². The van der Waals surface area contributed by atoms with Gasteiger partial charge in [0.2, 0.25) is 0 Å². The molecule has 0 saturated heterocycles. The number of ether oxygens (including phenoxy) is 1. The van der Waals surface area contributed by atoms with Gasteiger partial charge in [0.05, 0.1) is 12.2 Å². The Morgan fingerprint density at radius 2 is 1.87 bits per heavy atom. The van der Waals surface area contributed by atoms with E-state index in [0.29, 0.717) is 6.54 Å². The second-order valence-electron chi connectivity index (χ2n) is 6.03. The number of benzene rings is 2. The molecule has 0 fully saturated rings. The summed E-state index contributed by atoms with van der Waals surface area (Å²) >= 11 is 0. The first kappa shape index (κ1) is 15.4. The van der Waals surface area contributed by atoms with Crippen molar-refractivity contribution in [3.63, 3.8) is 0 Å². The van der Waals surface area contributed by atoms with Gasteiger partial charge in [-0.3, -0.25) is 4.90 Å². The summed E-state index contributed by atoms with van der Waals surface area (Å²) in [4.78, 5) is 14.5. The molecule has 2 aromatic carbocycles. The molecule has 1 N–H and O–H groups in total. The number of nitrogens with one attached hydrogen (secondary N) is 1. The van der Waals surface area contributed by atoms with Crippen LogP contribution < -0.4 is 15.0 Å². The van der Waals surface area contributed by atoms with Crippen molar-refractivity contribution in [3.05, 3.63) is 53.6 Å². The van der Waals surface area contributed by atoms with Gasteiger partial charge in [-0.05, 0) is 50.1 Å². The van der Waals surface area contributed by atoms with Gasteiger partial charge in [0.15, 0.2) is 0 Å². The molecule has 120 valence electrons. The molecule has 0 spiro atoms. The predicted octanol–water partition coefficient (Wildman–Crippen LogP) is 4.51. The molecule has 2 aromatic rings. The Bertz CT molecular complexity index is 710. The van der Waals surface area contributed by atoms with Crippen LogP contribution in [0.15, 0.2) is 42.5 Å². The molecule has 1 aliphatic heterocycles. The van der Waals surface area contributed by atoms with E-state index in [1.54, 1.807) is 4.90 Å². The first-order valence-corrected chi connectivity index (χ1v) is 7.99. The number of hydrogen-bond acceptors (Lipinski definition) is 2. The van der Waals surface area contributed by atoms with Gasteiger partial charge in [0.1, 0.15) is 11.9 Å². The maximum atomic E-state index is 12.7. The Morgan fingerprint density at radius 1 is 1.17 bits per heavy atom. The number of anilines is 2. The minimum Gasteiger partial charge on any atom is -0.486 e. The summed E-state index contributed by atoms with van der Waals surface area (Å²) in [5.74, 6) is 0.771. The molecule has 23 heavy (non-hydrogen) atoms. The third kappa shape index (κ3) is 3.31. The fraction of sp³-hybridized carbons (Fsp3) is 0.316. The molecule has 0 bridgehead atoms. The summed E-state index contributed by atoms with van der Waals surface area (Å²) in [5.41, 5.74) is 3.91. The van der Waals surface area contributed by atoms with Gasteiger partial charge in [-0.25, -0.2) is 4.79 Å². The molecule has 3 rings (SSSR count). The van der Waals surface area contributed by atoms with E-state index in [4.69, 9.17) is 4.74 Å². The van der Waals surface area contributed by atoms with Crippen molar-refractivity contribution in [1.29, 1.82) is 0 Å². The summed E-state index contributed by atoms with van der Waals surface area (Å²) in [6, 6.07) is 13.6. The number of nitrogens with zero attached hydrogens (tertiary/aromatic N) is 1. The van der Waals surface area contributed by atoms with Crippen LogP contribution in [0.25, 0.3) is 0 Å². The van der Waals surface area contributed by atoms with E-state index in [9.17, 15) is 4.79 Å². The summed E-state index contributed by atoms with van der Waals surface area (Å²) in [7, 11) is 0. The monoisotopic (exact) mass is 310 g/mol. The zero-order valence-corrected chi connectivity index (χ0v) is 13.8. The smallest absolute Gasteiger partial charge is 0.326 e. The van der Waals surface area contributed by atoms with Gasteiger partial charge < -0.3 is 10.1 Å². The molecule has 0 unspecified atom stereocenters. The highest BCUT2D eigenvalue weighted by molar-refractivity contribution is 6.03. The van der Waals surface area contributed by atoms with E-state index < -0.39 is 0 Å². The van der Waals surface area contributed by atoms with Crippen LogP contribution in [-0.2, 0) is 0 Å². The van der Waals surface area contributed by atoms with E-state index in [0.717, 1.165) is 29.1 Å². The van der Waals surface area contributed by atoms with Gasteiger partial charge in [-0.2, -0.15) is 0 Å². The molecule has 4 nitrogen and oxygen atoms in total. The van der Waals surface area contributed by atoms with E-state index in [2.05, 4.69) is 12.2 Å². The van der Waals surface area contributed by atoms with Crippen molar-refractivity contribution in [2.75, 3.05) is 16.8 Å². The van der Waals surface area contributed by atoms with Crippen LogP contribution in [0.3, 0.4) is 0 Å². The first-order valence-electron chi connectivity index (χ1n) is 7.99. The molecular formula is C19H22N2O2. The summed E-state index contributed by atoms with van der Waals surface area (Å²) < 4.78 is 5.96. The van der Waals surface area contributed by atoms with Gasteiger partial charge in [-0.15, -0.1) is 0 Å². The molecule has 4 heteroatoms. The van der Waals surface area contributed by atoms with Crippen LogP contribution >= 0.6 is 0 Å². The van der Waals surface area contributed by atoms with E-state index >= 15 is 0 Å². The Hall–Kier alpha value is -2.49. The standard InChI is InChI=1S/C19H22N2O2/c1-4-16-12-21(17-11-14(3)7-10-18(17)23-16)19(22)20-15-8-5-13(2)6-9-15/h5-11,16H,4,12H2,1-3H3,(H,20,22)/t16-/m1/s1. The lowest BCUT2D eigenvalue weighted by Gasteiger charge is -2.34. The van der Waals surface area contributed by atoms with Crippen molar-refractivity contribution < 1.29 is 9.53 Å². The fourth-order valence-electron chi connectivity index (χ4n) is 2.69. The quantitative estimate of drug-likeness (QED) is 0.886. The largest absolute Gasteiger partial charge is 0.486 e. The van der Waals surface area contributed by atoms with E-state index in [-0.39, 0.29) is 12.1 Å². The lowest BCUT2D eigenvalue weighted by atomic mass is 10.1. The van der Waals surface area contributed by atoms with Gasteiger partial charge >= 0.3 is 6.03 Å². The second kappa shape index (κ2) is 6.32. The minimum absolute atomic E-state index is 0.0222. The molecule has 1 heterocycles. The Morgan fingerprint density at radius 3 is 2.57 bits per heavy atom. The first-order chi connectivity index (χ1) is 11.1. The average molecular weight is 310 g/mol. The number of hydrogen-bond donors (Lipinski definition) is 1. The Balaban J connectivity index is 1.87. The predicted molar refractivity (Wildman–Crippen MR) is 93.4 cm³/mol. The van der Waals surface area contributed by atoms with E-state index in [1.807, 2.05) is 56.3 Å². The highest BCUT2D eigenvalue weighted by atomic mass is 16.5. The number of fused-ring (bicyclic) bond motifs is 1. The molecule has 0 aliphatic carbocycles. The highest BCUT2D eigenvalue weighted by Gasteiger charge is 2.29. The van der Waals surface area contributed by atoms with Crippen molar-refractivity contribution in [1.82, 2.24) is 0 Å². The molecular weight excluding hydrogens is 288 g/mol. The van der Waals surface area contributed by atoms with Crippen LogP contribution in [0.1, 0.15) is 24.5 Å². The van der Waals surface area contributed by atoms with Crippen LogP contribution in [-0.4, -0.2) is 18.7 Å². The van der Waals surface area contributed by atoms with Gasteiger partial charge in [0.25, 0.3) is 0 Å². The molecule has 1 atom stereocenters. The van der Waals surface area contributed by atoms with Crippen molar-refractivity contribution in [2.24, 2.45) is 0 Å². The Kier molecular flexibility index (Phi) is 4.24. The minimum atomic E-state index is -0.123.